The number of carbonyl (C=O) groups excluding carboxylic acids is 1. The van der Waals surface area contributed by atoms with Crippen LogP contribution in [0.3, 0.4) is 0 Å². The fraction of sp³-hybridized carbons (Fsp3) is 0.500. The average molecular weight is 288 g/mol. The third-order valence-corrected chi connectivity index (χ3v) is 4.08. The second-order valence-electron chi connectivity index (χ2n) is 5.53. The summed E-state index contributed by atoms with van der Waals surface area (Å²) in [7, 11) is 1.62. The van der Waals surface area contributed by atoms with E-state index in [-0.39, 0.29) is 5.91 Å². The molecule has 21 heavy (non-hydrogen) atoms. The molecule has 1 aliphatic carbocycles. The first-order valence-corrected chi connectivity index (χ1v) is 7.44. The highest BCUT2D eigenvalue weighted by atomic mass is 16.6. The van der Waals surface area contributed by atoms with Crippen molar-refractivity contribution in [3.05, 3.63) is 29.8 Å². The maximum absolute atomic E-state index is 12.2. The van der Waals surface area contributed by atoms with Crippen LogP contribution >= 0.6 is 0 Å². The number of para-hydroxylation sites is 1. The summed E-state index contributed by atoms with van der Waals surface area (Å²) in [5, 5.41) is 7.12. The second kappa shape index (κ2) is 6.16. The van der Waals surface area contributed by atoms with E-state index in [1.54, 1.807) is 7.11 Å². The van der Waals surface area contributed by atoms with E-state index < -0.39 is 6.10 Å². The summed E-state index contributed by atoms with van der Waals surface area (Å²) < 4.78 is 5.32. The Morgan fingerprint density at radius 3 is 2.86 bits per heavy atom. The summed E-state index contributed by atoms with van der Waals surface area (Å²) in [5.74, 6) is 0.687. The lowest BCUT2D eigenvalue weighted by molar-refractivity contribution is -0.131. The minimum atomic E-state index is -0.523. The van der Waals surface area contributed by atoms with E-state index in [0.29, 0.717) is 12.5 Å². The first kappa shape index (κ1) is 13.9. The van der Waals surface area contributed by atoms with Crippen LogP contribution in [0.5, 0.6) is 5.75 Å². The Labute approximate surface area is 124 Å². The fourth-order valence-electron chi connectivity index (χ4n) is 2.92. The lowest BCUT2D eigenvalue weighted by Crippen LogP contribution is -2.40. The molecule has 1 fully saturated rings. The van der Waals surface area contributed by atoms with E-state index in [0.717, 1.165) is 29.9 Å². The summed E-state index contributed by atoms with van der Waals surface area (Å²) in [5.41, 5.74) is 1.65. The Kier molecular flexibility index (Phi) is 4.08. The van der Waals surface area contributed by atoms with Crippen LogP contribution in [0.25, 0.3) is 0 Å². The third kappa shape index (κ3) is 3.01. The number of methoxy groups -OCH3 is 1. The average Bonchev–Trinajstić information content (AvgIpc) is 3.18. The van der Waals surface area contributed by atoms with Gasteiger partial charge in [0.25, 0.3) is 5.91 Å². The van der Waals surface area contributed by atoms with Gasteiger partial charge < -0.3 is 14.9 Å². The van der Waals surface area contributed by atoms with E-state index in [1.165, 1.54) is 12.8 Å². The molecule has 0 radical (unpaired) electrons. The first-order valence-electron chi connectivity index (χ1n) is 7.44. The standard InChI is InChI=1S/C16H20N2O3/c1-20-14-9-5-4-8-12(14)13-10-15(21-18-13)16(19)17-11-6-2-3-7-11/h4-5,8-9,11,15H,2-3,6-7,10H2,1H3,(H,17,19)/t15-/m0/s1. The highest BCUT2D eigenvalue weighted by Gasteiger charge is 2.31. The molecule has 1 aromatic carbocycles. The zero-order chi connectivity index (χ0) is 14.7. The second-order valence-corrected chi connectivity index (χ2v) is 5.53. The van der Waals surface area contributed by atoms with Crippen LogP contribution < -0.4 is 10.1 Å². The minimum Gasteiger partial charge on any atom is -0.496 e. The van der Waals surface area contributed by atoms with E-state index in [9.17, 15) is 4.79 Å². The van der Waals surface area contributed by atoms with Gasteiger partial charge in [-0.1, -0.05) is 30.1 Å². The summed E-state index contributed by atoms with van der Waals surface area (Å²) in [6.07, 6.45) is 4.49. The highest BCUT2D eigenvalue weighted by molar-refractivity contribution is 6.05. The van der Waals surface area contributed by atoms with Gasteiger partial charge in [-0.3, -0.25) is 4.79 Å². The summed E-state index contributed by atoms with van der Waals surface area (Å²) in [4.78, 5) is 17.5. The zero-order valence-electron chi connectivity index (χ0n) is 12.2. The lowest BCUT2D eigenvalue weighted by atomic mass is 10.0. The van der Waals surface area contributed by atoms with Crippen LogP contribution in [-0.4, -0.2) is 30.9 Å². The Bertz CT molecular complexity index is 550. The topological polar surface area (TPSA) is 59.9 Å². The van der Waals surface area contributed by atoms with Gasteiger partial charge in [0.2, 0.25) is 6.10 Å². The smallest absolute Gasteiger partial charge is 0.264 e. The number of amides is 1. The van der Waals surface area contributed by atoms with Gasteiger partial charge in [0, 0.05) is 18.0 Å². The Morgan fingerprint density at radius 2 is 2.10 bits per heavy atom. The van der Waals surface area contributed by atoms with Crippen molar-refractivity contribution < 1.29 is 14.4 Å². The summed E-state index contributed by atoms with van der Waals surface area (Å²) in [6, 6.07) is 7.94. The molecule has 1 saturated carbocycles. The molecule has 1 N–H and O–H groups in total. The zero-order valence-corrected chi connectivity index (χ0v) is 12.2. The Hall–Kier alpha value is -2.04. The van der Waals surface area contributed by atoms with Gasteiger partial charge >= 0.3 is 0 Å². The molecule has 1 amide bonds. The molecule has 0 aromatic heterocycles. The van der Waals surface area contributed by atoms with Crippen LogP contribution in [0.2, 0.25) is 0 Å². The molecule has 0 saturated heterocycles. The maximum Gasteiger partial charge on any atom is 0.264 e. The van der Waals surface area contributed by atoms with Crippen molar-refractivity contribution in [3.63, 3.8) is 0 Å². The van der Waals surface area contributed by atoms with Gasteiger partial charge in [-0.25, -0.2) is 0 Å². The van der Waals surface area contributed by atoms with Gasteiger partial charge in [-0.15, -0.1) is 0 Å². The summed E-state index contributed by atoms with van der Waals surface area (Å²) >= 11 is 0. The molecule has 0 spiro atoms. The van der Waals surface area contributed by atoms with E-state index in [1.807, 2.05) is 24.3 Å². The van der Waals surface area contributed by atoms with Gasteiger partial charge in [0.1, 0.15) is 5.75 Å². The Balaban J connectivity index is 1.62. The molecule has 3 rings (SSSR count). The van der Waals surface area contributed by atoms with Gasteiger partial charge in [0.05, 0.1) is 12.8 Å². The predicted molar refractivity (Wildman–Crippen MR) is 79.4 cm³/mol. The molecule has 1 aromatic rings. The number of oxime groups is 1. The van der Waals surface area contributed by atoms with Crippen LogP contribution in [0.15, 0.2) is 29.4 Å². The number of rotatable bonds is 4. The number of carbonyl (C=O) groups is 1. The van der Waals surface area contributed by atoms with Crippen LogP contribution in [0.4, 0.5) is 0 Å². The van der Waals surface area contributed by atoms with Gasteiger partial charge in [-0.2, -0.15) is 0 Å². The van der Waals surface area contributed by atoms with E-state index in [2.05, 4.69) is 10.5 Å². The molecular weight excluding hydrogens is 268 g/mol. The van der Waals surface area contributed by atoms with Crippen molar-refractivity contribution in [2.24, 2.45) is 5.16 Å². The van der Waals surface area contributed by atoms with Crippen molar-refractivity contribution in [2.45, 2.75) is 44.2 Å². The maximum atomic E-state index is 12.2. The number of ether oxygens (including phenoxy) is 1. The molecule has 2 aliphatic rings. The normalized spacial score (nSPS) is 21.8. The van der Waals surface area contributed by atoms with Crippen molar-refractivity contribution in [2.75, 3.05) is 7.11 Å². The SMILES string of the molecule is COc1ccccc1C1=NO[C@H](C(=O)NC2CCCC2)C1. The number of nitrogens with zero attached hydrogens (tertiary/aromatic N) is 1. The molecule has 0 bridgehead atoms. The molecule has 5 heteroatoms. The molecule has 112 valence electrons. The van der Waals surface area contributed by atoms with Crippen molar-refractivity contribution >= 4 is 11.6 Å². The quantitative estimate of drug-likeness (QED) is 0.924. The molecule has 1 atom stereocenters. The number of benzene rings is 1. The van der Waals surface area contributed by atoms with Crippen molar-refractivity contribution in [1.82, 2.24) is 5.32 Å². The largest absolute Gasteiger partial charge is 0.496 e. The predicted octanol–water partition coefficient (Wildman–Crippen LogP) is 2.25. The number of hydrogen-bond acceptors (Lipinski definition) is 4. The van der Waals surface area contributed by atoms with Crippen molar-refractivity contribution in [3.8, 4) is 5.75 Å². The molecular formula is C16H20N2O3. The van der Waals surface area contributed by atoms with E-state index >= 15 is 0 Å². The lowest BCUT2D eigenvalue weighted by Gasteiger charge is -2.14. The van der Waals surface area contributed by atoms with Gasteiger partial charge in [-0.05, 0) is 25.0 Å². The van der Waals surface area contributed by atoms with Crippen LogP contribution in [0, 0.1) is 0 Å². The highest BCUT2D eigenvalue weighted by Crippen LogP contribution is 2.25. The monoisotopic (exact) mass is 288 g/mol. The molecule has 1 aliphatic heterocycles. The Morgan fingerprint density at radius 1 is 1.33 bits per heavy atom. The van der Waals surface area contributed by atoms with Crippen LogP contribution in [0.1, 0.15) is 37.7 Å². The fourth-order valence-corrected chi connectivity index (χ4v) is 2.92. The summed E-state index contributed by atoms with van der Waals surface area (Å²) in [6.45, 7) is 0. The number of nitrogens with one attached hydrogen (secondary N) is 1. The molecule has 5 nitrogen and oxygen atoms in total. The molecule has 0 unspecified atom stereocenters. The first-order chi connectivity index (χ1) is 10.3. The molecule has 1 heterocycles. The number of hydrogen-bond donors (Lipinski definition) is 1. The van der Waals surface area contributed by atoms with Crippen molar-refractivity contribution in [1.29, 1.82) is 0 Å². The minimum absolute atomic E-state index is 0.0597. The van der Waals surface area contributed by atoms with Crippen LogP contribution in [-0.2, 0) is 9.63 Å². The van der Waals surface area contributed by atoms with E-state index in [4.69, 9.17) is 9.57 Å². The third-order valence-electron chi connectivity index (χ3n) is 4.08. The van der Waals surface area contributed by atoms with Gasteiger partial charge in [0.15, 0.2) is 0 Å².